The first-order valence-corrected chi connectivity index (χ1v) is 9.99. The molecule has 0 bridgehead atoms. The van der Waals surface area contributed by atoms with Crippen molar-refractivity contribution in [3.05, 3.63) is 28.8 Å². The number of likely N-dealkylation sites (tertiary alicyclic amines) is 1. The minimum absolute atomic E-state index is 0.0166. The maximum atomic E-state index is 12.4. The molecule has 1 aliphatic rings. The van der Waals surface area contributed by atoms with Gasteiger partial charge in [-0.25, -0.2) is 4.79 Å². The first kappa shape index (κ1) is 24.1. The summed E-state index contributed by atoms with van der Waals surface area (Å²) in [4.78, 5) is 27.2. The van der Waals surface area contributed by atoms with Crippen LogP contribution >= 0.6 is 11.6 Å². The topological polar surface area (TPSA) is 61.9 Å². The van der Waals surface area contributed by atoms with Gasteiger partial charge < -0.3 is 19.9 Å². The van der Waals surface area contributed by atoms with Crippen LogP contribution in [0.4, 0.5) is 23.7 Å². The number of nitrogens with one attached hydrogen (secondary N) is 1. The molecular formula is C20H27ClF3N3O3. The number of anilines is 1. The highest BCUT2D eigenvalue weighted by atomic mass is 35.5. The van der Waals surface area contributed by atoms with Crippen LogP contribution in [0.5, 0.6) is 0 Å². The van der Waals surface area contributed by atoms with Crippen molar-refractivity contribution >= 4 is 29.3 Å². The quantitative estimate of drug-likeness (QED) is 0.678. The summed E-state index contributed by atoms with van der Waals surface area (Å²) in [5, 5.41) is 3.43. The smallest absolute Gasteiger partial charge is 0.410 e. The Hall–Kier alpha value is -2.16. The first-order chi connectivity index (χ1) is 13.7. The Morgan fingerprint density at radius 3 is 2.43 bits per heavy atom. The monoisotopic (exact) mass is 449 g/mol. The number of carbonyl (C=O) groups excluding carboxylic acids is 2. The summed E-state index contributed by atoms with van der Waals surface area (Å²) in [5.74, 6) is -0.437. The molecule has 1 N–H and O–H groups in total. The van der Waals surface area contributed by atoms with Gasteiger partial charge >= 0.3 is 12.3 Å². The lowest BCUT2D eigenvalue weighted by atomic mass is 10.1. The summed E-state index contributed by atoms with van der Waals surface area (Å²) < 4.78 is 42.1. The molecule has 0 aliphatic carbocycles. The van der Waals surface area contributed by atoms with Crippen molar-refractivity contribution in [3.8, 4) is 0 Å². The third kappa shape index (κ3) is 7.27. The van der Waals surface area contributed by atoms with Gasteiger partial charge in [0.1, 0.15) is 5.60 Å². The molecule has 30 heavy (non-hydrogen) atoms. The van der Waals surface area contributed by atoms with E-state index in [0.717, 1.165) is 0 Å². The molecule has 0 spiro atoms. The van der Waals surface area contributed by atoms with Gasteiger partial charge in [-0.2, -0.15) is 13.2 Å². The highest BCUT2D eigenvalue weighted by molar-refractivity contribution is 6.34. The molecule has 2 amide bonds. The van der Waals surface area contributed by atoms with Gasteiger partial charge in [-0.1, -0.05) is 11.6 Å². The van der Waals surface area contributed by atoms with Gasteiger partial charge in [0.2, 0.25) is 0 Å². The van der Waals surface area contributed by atoms with E-state index in [2.05, 4.69) is 5.32 Å². The van der Waals surface area contributed by atoms with Gasteiger partial charge in [-0.15, -0.1) is 0 Å². The normalized spacial score (nSPS) is 14.9. The van der Waals surface area contributed by atoms with Gasteiger partial charge in [-0.3, -0.25) is 4.79 Å². The molecule has 0 radical (unpaired) electrons. The average Bonchev–Trinajstić information content (AvgIpc) is 2.54. The minimum atomic E-state index is -4.24. The largest absolute Gasteiger partial charge is 0.444 e. The maximum Gasteiger partial charge on any atom is 0.410 e. The average molecular weight is 450 g/mol. The molecule has 1 heterocycles. The molecule has 168 valence electrons. The summed E-state index contributed by atoms with van der Waals surface area (Å²) in [6.45, 7) is 6.36. The van der Waals surface area contributed by atoms with E-state index in [9.17, 15) is 22.8 Å². The van der Waals surface area contributed by atoms with Crippen LogP contribution in [0.15, 0.2) is 18.2 Å². The van der Waals surface area contributed by atoms with E-state index in [1.165, 1.54) is 18.0 Å². The number of nitrogens with zero attached hydrogens (tertiary/aromatic N) is 2. The van der Waals surface area contributed by atoms with E-state index < -0.39 is 24.1 Å². The summed E-state index contributed by atoms with van der Waals surface area (Å²) >= 11 is 6.22. The van der Waals surface area contributed by atoms with Gasteiger partial charge in [0.05, 0.1) is 16.6 Å². The fourth-order valence-corrected chi connectivity index (χ4v) is 3.14. The fourth-order valence-electron chi connectivity index (χ4n) is 2.88. The number of halogens is 4. The number of carbonyl (C=O) groups is 2. The van der Waals surface area contributed by atoms with E-state index in [4.69, 9.17) is 16.3 Å². The lowest BCUT2D eigenvalue weighted by molar-refractivity contribution is -0.135. The van der Waals surface area contributed by atoms with E-state index in [1.807, 2.05) is 0 Å². The number of benzene rings is 1. The Morgan fingerprint density at radius 1 is 1.27 bits per heavy atom. The van der Waals surface area contributed by atoms with Gasteiger partial charge in [0, 0.05) is 38.8 Å². The third-order valence-electron chi connectivity index (χ3n) is 4.40. The molecule has 2 rings (SSSR count). The van der Waals surface area contributed by atoms with E-state index in [0.29, 0.717) is 18.8 Å². The van der Waals surface area contributed by atoms with Crippen LogP contribution in [-0.4, -0.2) is 66.3 Å². The second-order valence-electron chi connectivity index (χ2n) is 8.37. The standard InChI is InChI=1S/C20H27ClF3N3O3/c1-19(2,3)30-18(29)27-11-14(12-27)25-13-6-7-15(16(21)10-13)17(28)26(4)9-5-8-20(22,23)24/h6-7,10,14,25H,5,8-9,11-12H2,1-4H3. The molecular weight excluding hydrogens is 423 g/mol. The van der Waals surface area contributed by atoms with Crippen molar-refractivity contribution in [1.82, 2.24) is 9.80 Å². The van der Waals surface area contributed by atoms with Crippen LogP contribution in [0.3, 0.4) is 0 Å². The van der Waals surface area contributed by atoms with Crippen LogP contribution in [-0.2, 0) is 4.74 Å². The Bertz CT molecular complexity index is 775. The zero-order valence-electron chi connectivity index (χ0n) is 17.5. The molecule has 1 saturated heterocycles. The van der Waals surface area contributed by atoms with Crippen LogP contribution in [0.25, 0.3) is 0 Å². The Morgan fingerprint density at radius 2 is 1.90 bits per heavy atom. The second kappa shape index (κ2) is 9.32. The number of ether oxygens (including phenoxy) is 1. The zero-order valence-corrected chi connectivity index (χ0v) is 18.2. The van der Waals surface area contributed by atoms with Gasteiger partial charge in [-0.05, 0) is 45.4 Å². The van der Waals surface area contributed by atoms with E-state index >= 15 is 0 Å². The summed E-state index contributed by atoms with van der Waals surface area (Å²) in [6, 6.07) is 4.84. The molecule has 6 nitrogen and oxygen atoms in total. The Balaban J connectivity index is 1.86. The number of rotatable bonds is 6. The van der Waals surface area contributed by atoms with Crippen molar-refractivity contribution in [3.63, 3.8) is 0 Å². The van der Waals surface area contributed by atoms with Crippen LogP contribution in [0.1, 0.15) is 44.0 Å². The molecule has 0 aromatic heterocycles. The van der Waals surface area contributed by atoms with Crippen molar-refractivity contribution in [1.29, 1.82) is 0 Å². The molecule has 0 unspecified atom stereocenters. The highest BCUT2D eigenvalue weighted by Crippen LogP contribution is 2.25. The molecule has 10 heteroatoms. The number of hydrogen-bond donors (Lipinski definition) is 1. The number of alkyl halides is 3. The molecule has 1 aliphatic heterocycles. The third-order valence-corrected chi connectivity index (χ3v) is 4.72. The molecule has 0 saturated carbocycles. The summed E-state index contributed by atoms with van der Waals surface area (Å²) in [5.41, 5.74) is 0.358. The van der Waals surface area contributed by atoms with Crippen molar-refractivity contribution in [2.24, 2.45) is 0 Å². The van der Waals surface area contributed by atoms with Gasteiger partial charge in [0.25, 0.3) is 5.91 Å². The molecule has 1 fully saturated rings. The zero-order chi connectivity index (χ0) is 22.7. The van der Waals surface area contributed by atoms with E-state index in [-0.39, 0.29) is 35.7 Å². The lowest BCUT2D eigenvalue weighted by Crippen LogP contribution is -2.57. The highest BCUT2D eigenvalue weighted by Gasteiger charge is 2.33. The predicted octanol–water partition coefficient (Wildman–Crippen LogP) is 4.79. The molecule has 0 atom stereocenters. The maximum absolute atomic E-state index is 12.4. The first-order valence-electron chi connectivity index (χ1n) is 9.61. The Labute approximate surface area is 179 Å². The molecule has 1 aromatic carbocycles. The SMILES string of the molecule is CN(CCCC(F)(F)F)C(=O)c1ccc(NC2CN(C(=O)OC(C)(C)C)C2)cc1Cl. The second-order valence-corrected chi connectivity index (χ2v) is 8.77. The van der Waals surface area contributed by atoms with Gasteiger partial charge in [0.15, 0.2) is 0 Å². The van der Waals surface area contributed by atoms with Crippen LogP contribution in [0, 0.1) is 0 Å². The van der Waals surface area contributed by atoms with E-state index in [1.54, 1.807) is 37.8 Å². The summed E-state index contributed by atoms with van der Waals surface area (Å²) in [6.07, 6.45) is -5.72. The fraction of sp³-hybridized carbons (Fsp3) is 0.600. The van der Waals surface area contributed by atoms with Crippen molar-refractivity contribution in [2.45, 2.75) is 51.4 Å². The Kier molecular flexibility index (Phi) is 7.49. The minimum Gasteiger partial charge on any atom is -0.444 e. The lowest BCUT2D eigenvalue weighted by Gasteiger charge is -2.40. The van der Waals surface area contributed by atoms with Crippen LogP contribution in [0.2, 0.25) is 5.02 Å². The van der Waals surface area contributed by atoms with Crippen molar-refractivity contribution in [2.75, 3.05) is 32.0 Å². The summed E-state index contributed by atoms with van der Waals surface area (Å²) in [7, 11) is 1.45. The predicted molar refractivity (Wildman–Crippen MR) is 109 cm³/mol. The number of hydrogen-bond acceptors (Lipinski definition) is 4. The number of amides is 2. The van der Waals surface area contributed by atoms with Crippen molar-refractivity contribution < 1.29 is 27.5 Å². The molecule has 1 aromatic rings. The van der Waals surface area contributed by atoms with Crippen LogP contribution < -0.4 is 5.32 Å².